The number of nitrogens with one attached hydrogen (secondary N) is 1. The summed E-state index contributed by atoms with van der Waals surface area (Å²) in [6, 6.07) is 7.32. The normalized spacial score (nSPS) is 15.3. The number of pyridine rings is 1. The zero-order valence-corrected chi connectivity index (χ0v) is 19.8. The van der Waals surface area contributed by atoms with Crippen LogP contribution in [0.15, 0.2) is 48.9 Å². The van der Waals surface area contributed by atoms with Gasteiger partial charge in [-0.2, -0.15) is 5.10 Å². The Morgan fingerprint density at radius 1 is 1.26 bits per heavy atom. The van der Waals surface area contributed by atoms with Gasteiger partial charge >= 0.3 is 0 Å². The predicted octanol–water partition coefficient (Wildman–Crippen LogP) is 1.88. The predicted molar refractivity (Wildman–Crippen MR) is 127 cm³/mol. The monoisotopic (exact) mass is 475 g/mol. The molecule has 0 aliphatic carbocycles. The number of ether oxygens (including phenoxy) is 2. The first-order chi connectivity index (χ1) is 16.6. The van der Waals surface area contributed by atoms with Crippen LogP contribution in [0.4, 0.5) is 5.69 Å². The summed E-state index contributed by atoms with van der Waals surface area (Å²) in [5.41, 5.74) is 0.0766. The summed E-state index contributed by atoms with van der Waals surface area (Å²) >= 11 is 0. The van der Waals surface area contributed by atoms with Gasteiger partial charge in [0.1, 0.15) is 35.4 Å². The molecule has 180 valence electrons. The van der Waals surface area contributed by atoms with Crippen LogP contribution in [-0.4, -0.2) is 57.0 Å². The molecule has 0 saturated heterocycles. The van der Waals surface area contributed by atoms with E-state index in [4.69, 9.17) is 9.47 Å². The summed E-state index contributed by atoms with van der Waals surface area (Å²) in [5.74, 6) is 6.15. The maximum Gasteiger partial charge on any atom is 0.270 e. The van der Waals surface area contributed by atoms with Gasteiger partial charge in [-0.1, -0.05) is 11.8 Å². The molecule has 1 aromatic carbocycles. The Morgan fingerprint density at radius 2 is 2.06 bits per heavy atom. The topological polar surface area (TPSA) is 119 Å². The first-order valence-corrected chi connectivity index (χ1v) is 10.8. The lowest BCUT2D eigenvalue weighted by Gasteiger charge is -2.20. The van der Waals surface area contributed by atoms with E-state index in [2.05, 4.69) is 27.2 Å². The molecule has 2 aromatic heterocycles. The van der Waals surface area contributed by atoms with Crippen LogP contribution in [0.25, 0.3) is 0 Å². The highest BCUT2D eigenvalue weighted by atomic mass is 16.5. The fourth-order valence-corrected chi connectivity index (χ4v) is 3.32. The SMILES string of the molecule is CN1C(=O)C(NC(=O)c2cc(Oc3cnn(C)c3)ccn2)COc2ccc(C#CC(C)(C)O)cc21. The number of benzene rings is 1. The van der Waals surface area contributed by atoms with Crippen LogP contribution in [0.2, 0.25) is 0 Å². The number of amides is 2. The van der Waals surface area contributed by atoms with Crippen molar-refractivity contribution in [2.45, 2.75) is 25.5 Å². The molecule has 10 nitrogen and oxygen atoms in total. The lowest BCUT2D eigenvalue weighted by atomic mass is 10.1. The fraction of sp³-hybridized carbons (Fsp3) is 0.280. The molecular weight excluding hydrogens is 450 g/mol. The minimum atomic E-state index is -1.14. The number of carbonyl (C=O) groups excluding carboxylic acids is 2. The van der Waals surface area contributed by atoms with Gasteiger partial charge in [0, 0.05) is 31.9 Å². The van der Waals surface area contributed by atoms with Crippen LogP contribution in [0.5, 0.6) is 17.2 Å². The molecule has 0 fully saturated rings. The van der Waals surface area contributed by atoms with Gasteiger partial charge in [0.25, 0.3) is 11.8 Å². The molecule has 1 aliphatic rings. The van der Waals surface area contributed by atoms with E-state index >= 15 is 0 Å². The zero-order chi connectivity index (χ0) is 25.2. The minimum Gasteiger partial charge on any atom is -0.489 e. The first-order valence-electron chi connectivity index (χ1n) is 10.8. The van der Waals surface area contributed by atoms with Crippen molar-refractivity contribution in [3.8, 4) is 29.1 Å². The van der Waals surface area contributed by atoms with E-state index in [1.54, 1.807) is 69.3 Å². The lowest BCUT2D eigenvalue weighted by Crippen LogP contribution is -2.49. The zero-order valence-electron chi connectivity index (χ0n) is 19.8. The number of fused-ring (bicyclic) bond motifs is 1. The molecule has 2 amide bonds. The summed E-state index contributed by atoms with van der Waals surface area (Å²) in [6.45, 7) is 3.12. The van der Waals surface area contributed by atoms with E-state index in [1.165, 1.54) is 17.2 Å². The van der Waals surface area contributed by atoms with E-state index in [9.17, 15) is 14.7 Å². The van der Waals surface area contributed by atoms with Crippen LogP contribution in [0, 0.1) is 11.8 Å². The van der Waals surface area contributed by atoms with E-state index in [-0.39, 0.29) is 18.2 Å². The van der Waals surface area contributed by atoms with Gasteiger partial charge in [-0.3, -0.25) is 19.3 Å². The highest BCUT2D eigenvalue weighted by Crippen LogP contribution is 2.31. The number of hydrogen-bond donors (Lipinski definition) is 2. The smallest absolute Gasteiger partial charge is 0.270 e. The molecule has 0 radical (unpaired) electrons. The Kier molecular flexibility index (Phi) is 6.44. The van der Waals surface area contributed by atoms with Crippen LogP contribution in [-0.2, 0) is 11.8 Å². The third-order valence-corrected chi connectivity index (χ3v) is 5.05. The summed E-state index contributed by atoms with van der Waals surface area (Å²) in [7, 11) is 3.37. The average molecular weight is 476 g/mol. The van der Waals surface area contributed by atoms with Gasteiger partial charge in [0.05, 0.1) is 18.1 Å². The van der Waals surface area contributed by atoms with Crippen molar-refractivity contribution in [3.63, 3.8) is 0 Å². The van der Waals surface area contributed by atoms with Crippen molar-refractivity contribution in [2.75, 3.05) is 18.6 Å². The van der Waals surface area contributed by atoms with Crippen LogP contribution in [0.3, 0.4) is 0 Å². The summed E-state index contributed by atoms with van der Waals surface area (Å²) in [4.78, 5) is 31.5. The maximum atomic E-state index is 13.1. The molecule has 0 saturated carbocycles. The minimum absolute atomic E-state index is 0.0531. The standard InChI is InChI=1S/C25H25N5O5/c1-25(2,33)9-7-16-5-6-22-21(11-16)30(4)24(32)20(15-34-22)28-23(31)19-12-17(8-10-26-19)35-18-13-27-29(3)14-18/h5-6,8,10-14,20,33H,15H2,1-4H3,(H,28,31). The van der Waals surface area contributed by atoms with Gasteiger partial charge in [-0.15, -0.1) is 0 Å². The number of aliphatic hydroxyl groups is 1. The number of carbonyl (C=O) groups is 2. The van der Waals surface area contributed by atoms with Crippen LogP contribution >= 0.6 is 0 Å². The molecule has 0 bridgehead atoms. The molecule has 2 N–H and O–H groups in total. The Bertz CT molecular complexity index is 1330. The molecule has 0 spiro atoms. The van der Waals surface area contributed by atoms with Crippen LogP contribution < -0.4 is 19.7 Å². The number of likely N-dealkylation sites (N-methyl/N-ethyl adjacent to an activating group) is 1. The van der Waals surface area contributed by atoms with Gasteiger partial charge in [-0.05, 0) is 38.1 Å². The van der Waals surface area contributed by atoms with Crippen LogP contribution in [0.1, 0.15) is 29.9 Å². The third kappa shape index (κ3) is 5.77. The molecule has 3 heterocycles. The first kappa shape index (κ1) is 23.8. The van der Waals surface area contributed by atoms with Crippen molar-refractivity contribution in [1.82, 2.24) is 20.1 Å². The Balaban J connectivity index is 1.48. The number of nitrogens with zero attached hydrogens (tertiary/aromatic N) is 4. The highest BCUT2D eigenvalue weighted by Gasteiger charge is 2.31. The molecule has 1 unspecified atom stereocenters. The van der Waals surface area contributed by atoms with E-state index < -0.39 is 17.6 Å². The number of hydrogen-bond acceptors (Lipinski definition) is 7. The Hall–Kier alpha value is -4.36. The quantitative estimate of drug-likeness (QED) is 0.553. The van der Waals surface area contributed by atoms with Gasteiger partial charge in [0.2, 0.25) is 0 Å². The second kappa shape index (κ2) is 9.48. The lowest BCUT2D eigenvalue weighted by molar-refractivity contribution is -0.120. The second-order valence-corrected chi connectivity index (χ2v) is 8.55. The maximum absolute atomic E-state index is 13.1. The van der Waals surface area contributed by atoms with Gasteiger partial charge in [-0.25, -0.2) is 0 Å². The van der Waals surface area contributed by atoms with E-state index in [0.29, 0.717) is 28.5 Å². The van der Waals surface area contributed by atoms with Gasteiger partial charge in [0.15, 0.2) is 5.75 Å². The molecule has 1 aliphatic heterocycles. The fourth-order valence-electron chi connectivity index (χ4n) is 3.32. The second-order valence-electron chi connectivity index (χ2n) is 8.55. The molecular formula is C25H25N5O5. The van der Waals surface area contributed by atoms with Crippen molar-refractivity contribution < 1.29 is 24.2 Å². The molecule has 3 aromatic rings. The number of rotatable bonds is 4. The van der Waals surface area contributed by atoms with Crippen molar-refractivity contribution in [2.24, 2.45) is 7.05 Å². The summed E-state index contributed by atoms with van der Waals surface area (Å²) in [6.07, 6.45) is 4.69. The van der Waals surface area contributed by atoms with E-state index in [0.717, 1.165) is 0 Å². The van der Waals surface area contributed by atoms with Gasteiger partial charge < -0.3 is 24.8 Å². The number of aryl methyl sites for hydroxylation is 1. The summed E-state index contributed by atoms with van der Waals surface area (Å²) in [5, 5.41) is 16.6. The Labute approximate surface area is 202 Å². The van der Waals surface area contributed by atoms with E-state index in [1.807, 2.05) is 0 Å². The average Bonchev–Trinajstić information content (AvgIpc) is 3.18. The molecule has 10 heteroatoms. The molecule has 4 rings (SSSR count). The largest absolute Gasteiger partial charge is 0.489 e. The Morgan fingerprint density at radius 3 is 2.77 bits per heavy atom. The molecule has 35 heavy (non-hydrogen) atoms. The third-order valence-electron chi connectivity index (χ3n) is 5.05. The van der Waals surface area contributed by atoms with Crippen molar-refractivity contribution >= 4 is 17.5 Å². The van der Waals surface area contributed by atoms with Crippen molar-refractivity contribution in [3.05, 3.63) is 60.2 Å². The highest BCUT2D eigenvalue weighted by molar-refractivity contribution is 6.03. The number of anilines is 1. The van der Waals surface area contributed by atoms with Crippen molar-refractivity contribution in [1.29, 1.82) is 0 Å². The number of aromatic nitrogens is 3. The summed E-state index contributed by atoms with van der Waals surface area (Å²) < 4.78 is 13.1. The molecule has 1 atom stereocenters.